The SMILES string of the molecule is Cc1ccc(NC(=O)CN(C)C(=O)c2cc3cc(Cl)ccc3nc2C)cc1. The third kappa shape index (κ3) is 4.44. The number of rotatable bonds is 4. The van der Waals surface area contributed by atoms with Gasteiger partial charge in [-0.2, -0.15) is 0 Å². The molecule has 138 valence electrons. The summed E-state index contributed by atoms with van der Waals surface area (Å²) in [6.45, 7) is 3.70. The number of carbonyl (C=O) groups excluding carboxylic acids is 2. The van der Waals surface area contributed by atoms with Gasteiger partial charge in [0.1, 0.15) is 0 Å². The number of halogens is 1. The van der Waals surface area contributed by atoms with Crippen LogP contribution >= 0.6 is 11.6 Å². The Labute approximate surface area is 163 Å². The summed E-state index contributed by atoms with van der Waals surface area (Å²) in [4.78, 5) is 30.9. The highest BCUT2D eigenvalue weighted by Gasteiger charge is 2.18. The predicted octanol–water partition coefficient (Wildman–Crippen LogP) is 4.22. The van der Waals surface area contributed by atoms with E-state index in [1.54, 1.807) is 32.2 Å². The van der Waals surface area contributed by atoms with Gasteiger partial charge in [-0.3, -0.25) is 14.6 Å². The first-order valence-electron chi connectivity index (χ1n) is 8.52. The van der Waals surface area contributed by atoms with Gasteiger partial charge in [0, 0.05) is 23.1 Å². The average molecular weight is 382 g/mol. The lowest BCUT2D eigenvalue weighted by molar-refractivity contribution is -0.116. The number of aryl methyl sites for hydroxylation is 2. The molecule has 0 unspecified atom stereocenters. The van der Waals surface area contributed by atoms with Gasteiger partial charge in [-0.15, -0.1) is 0 Å². The van der Waals surface area contributed by atoms with Gasteiger partial charge >= 0.3 is 0 Å². The number of pyridine rings is 1. The topological polar surface area (TPSA) is 62.3 Å². The summed E-state index contributed by atoms with van der Waals surface area (Å²) in [5.74, 6) is -0.523. The van der Waals surface area contributed by atoms with Gasteiger partial charge in [0.15, 0.2) is 0 Å². The lowest BCUT2D eigenvalue weighted by Gasteiger charge is -2.18. The first-order valence-corrected chi connectivity index (χ1v) is 8.90. The molecule has 2 amide bonds. The second-order valence-corrected chi connectivity index (χ2v) is 6.97. The maximum Gasteiger partial charge on any atom is 0.255 e. The van der Waals surface area contributed by atoms with Crippen molar-refractivity contribution in [3.63, 3.8) is 0 Å². The molecule has 1 N–H and O–H groups in total. The van der Waals surface area contributed by atoms with Crippen LogP contribution in [0.25, 0.3) is 10.9 Å². The lowest BCUT2D eigenvalue weighted by Crippen LogP contribution is -2.35. The van der Waals surface area contributed by atoms with Crippen LogP contribution in [0.15, 0.2) is 48.5 Å². The van der Waals surface area contributed by atoms with Gasteiger partial charge in [0.25, 0.3) is 5.91 Å². The Morgan fingerprint density at radius 1 is 1.07 bits per heavy atom. The molecule has 6 heteroatoms. The summed E-state index contributed by atoms with van der Waals surface area (Å²) in [7, 11) is 1.60. The first-order chi connectivity index (χ1) is 12.8. The van der Waals surface area contributed by atoms with E-state index in [-0.39, 0.29) is 18.4 Å². The lowest BCUT2D eigenvalue weighted by atomic mass is 10.1. The van der Waals surface area contributed by atoms with Crippen LogP contribution in [0.4, 0.5) is 5.69 Å². The van der Waals surface area contributed by atoms with Crippen molar-refractivity contribution in [3.05, 3.63) is 70.4 Å². The molecule has 0 fully saturated rings. The van der Waals surface area contributed by atoms with Crippen molar-refractivity contribution in [2.75, 3.05) is 18.9 Å². The fourth-order valence-corrected chi connectivity index (χ4v) is 2.97. The highest BCUT2D eigenvalue weighted by atomic mass is 35.5. The number of amides is 2. The first kappa shape index (κ1) is 18.9. The molecule has 0 spiro atoms. The summed E-state index contributed by atoms with van der Waals surface area (Å²) in [6.07, 6.45) is 0. The van der Waals surface area contributed by atoms with Crippen molar-refractivity contribution in [1.29, 1.82) is 0 Å². The van der Waals surface area contributed by atoms with E-state index in [2.05, 4.69) is 10.3 Å². The number of anilines is 1. The number of nitrogens with one attached hydrogen (secondary N) is 1. The number of aromatic nitrogens is 1. The third-order valence-electron chi connectivity index (χ3n) is 4.26. The van der Waals surface area contributed by atoms with Crippen molar-refractivity contribution >= 4 is 40.0 Å². The average Bonchev–Trinajstić information content (AvgIpc) is 2.62. The minimum Gasteiger partial charge on any atom is -0.332 e. The van der Waals surface area contributed by atoms with Gasteiger partial charge in [-0.25, -0.2) is 0 Å². The number of fused-ring (bicyclic) bond motifs is 1. The zero-order chi connectivity index (χ0) is 19.6. The Hall–Kier alpha value is -2.92. The summed E-state index contributed by atoms with van der Waals surface area (Å²) in [5.41, 5.74) is 3.65. The predicted molar refractivity (Wildman–Crippen MR) is 108 cm³/mol. The highest BCUT2D eigenvalue weighted by Crippen LogP contribution is 2.21. The van der Waals surface area contributed by atoms with E-state index in [1.807, 2.05) is 37.3 Å². The van der Waals surface area contributed by atoms with Gasteiger partial charge in [-0.05, 0) is 50.2 Å². The number of nitrogens with zero attached hydrogens (tertiary/aromatic N) is 2. The molecule has 0 radical (unpaired) electrons. The van der Waals surface area contributed by atoms with E-state index >= 15 is 0 Å². The van der Waals surface area contributed by atoms with Crippen molar-refractivity contribution in [2.45, 2.75) is 13.8 Å². The molecule has 0 bridgehead atoms. The quantitative estimate of drug-likeness (QED) is 0.736. The van der Waals surface area contributed by atoms with Gasteiger partial charge in [0.05, 0.1) is 23.3 Å². The Kier molecular flexibility index (Phi) is 5.42. The third-order valence-corrected chi connectivity index (χ3v) is 4.50. The molecule has 2 aromatic carbocycles. The molecule has 5 nitrogen and oxygen atoms in total. The molecule has 0 atom stereocenters. The molecule has 3 aromatic rings. The number of hydrogen-bond acceptors (Lipinski definition) is 3. The minimum atomic E-state index is -0.263. The van der Waals surface area contributed by atoms with Crippen LogP contribution in [0.1, 0.15) is 21.6 Å². The molecule has 0 aliphatic rings. The second-order valence-electron chi connectivity index (χ2n) is 6.53. The van der Waals surface area contributed by atoms with Crippen LogP contribution in [0.3, 0.4) is 0 Å². The van der Waals surface area contributed by atoms with Crippen molar-refractivity contribution < 1.29 is 9.59 Å². The molecular weight excluding hydrogens is 362 g/mol. The van der Waals surface area contributed by atoms with Gasteiger partial charge in [0.2, 0.25) is 5.91 Å². The van der Waals surface area contributed by atoms with Crippen LogP contribution in [0, 0.1) is 13.8 Å². The van der Waals surface area contributed by atoms with Crippen LogP contribution < -0.4 is 5.32 Å². The fraction of sp³-hybridized carbons (Fsp3) is 0.190. The molecule has 3 rings (SSSR count). The van der Waals surface area contributed by atoms with Gasteiger partial charge < -0.3 is 10.2 Å². The van der Waals surface area contributed by atoms with E-state index in [9.17, 15) is 9.59 Å². The molecule has 0 aliphatic heterocycles. The largest absolute Gasteiger partial charge is 0.332 e. The van der Waals surface area contributed by atoms with Crippen molar-refractivity contribution in [2.24, 2.45) is 0 Å². The normalized spacial score (nSPS) is 10.7. The van der Waals surface area contributed by atoms with E-state index in [0.717, 1.165) is 16.5 Å². The standard InChI is InChI=1S/C21H20ClN3O2/c1-13-4-7-17(8-5-13)24-20(26)12-25(3)21(27)18-11-15-10-16(22)6-9-19(15)23-14(18)2/h4-11H,12H2,1-3H3,(H,24,26). The minimum absolute atomic E-state index is 0.0558. The summed E-state index contributed by atoms with van der Waals surface area (Å²) in [6, 6.07) is 14.6. The molecule has 0 saturated carbocycles. The molecule has 0 aliphatic carbocycles. The fourth-order valence-electron chi connectivity index (χ4n) is 2.79. The molecule has 1 heterocycles. The Morgan fingerprint density at radius 3 is 2.48 bits per heavy atom. The summed E-state index contributed by atoms with van der Waals surface area (Å²) < 4.78 is 0. The van der Waals surface area contributed by atoms with Crippen molar-refractivity contribution in [3.8, 4) is 0 Å². The van der Waals surface area contributed by atoms with Crippen LogP contribution in [0.5, 0.6) is 0 Å². The monoisotopic (exact) mass is 381 g/mol. The van der Waals surface area contributed by atoms with Crippen molar-refractivity contribution in [1.82, 2.24) is 9.88 Å². The van der Waals surface area contributed by atoms with E-state index in [0.29, 0.717) is 22.0 Å². The van der Waals surface area contributed by atoms with E-state index < -0.39 is 0 Å². The second kappa shape index (κ2) is 7.76. The summed E-state index contributed by atoms with van der Waals surface area (Å²) in [5, 5.41) is 4.16. The molecule has 1 aromatic heterocycles. The summed E-state index contributed by atoms with van der Waals surface area (Å²) >= 11 is 6.03. The maximum absolute atomic E-state index is 12.8. The zero-order valence-electron chi connectivity index (χ0n) is 15.4. The number of carbonyl (C=O) groups is 2. The highest BCUT2D eigenvalue weighted by molar-refractivity contribution is 6.31. The zero-order valence-corrected chi connectivity index (χ0v) is 16.2. The van der Waals surface area contributed by atoms with Crippen LogP contribution in [-0.4, -0.2) is 35.3 Å². The van der Waals surface area contributed by atoms with Crippen LogP contribution in [0.2, 0.25) is 5.02 Å². The van der Waals surface area contributed by atoms with Crippen LogP contribution in [-0.2, 0) is 4.79 Å². The molecule has 0 saturated heterocycles. The number of benzene rings is 2. The Morgan fingerprint density at radius 2 is 1.78 bits per heavy atom. The molecule has 27 heavy (non-hydrogen) atoms. The maximum atomic E-state index is 12.8. The number of likely N-dealkylation sites (N-methyl/N-ethyl adjacent to an activating group) is 1. The molecular formula is C21H20ClN3O2. The number of hydrogen-bond donors (Lipinski definition) is 1. The van der Waals surface area contributed by atoms with E-state index in [4.69, 9.17) is 11.6 Å². The smallest absolute Gasteiger partial charge is 0.255 e. The van der Waals surface area contributed by atoms with Gasteiger partial charge in [-0.1, -0.05) is 29.3 Å². The Balaban J connectivity index is 1.74. The van der Waals surface area contributed by atoms with E-state index in [1.165, 1.54) is 4.90 Å². The Bertz CT molecular complexity index is 1020.